The quantitative estimate of drug-likeness (QED) is 0.0634. The maximum absolute atomic E-state index is 13.5. The van der Waals surface area contributed by atoms with E-state index in [-0.39, 0.29) is 10.4 Å². The van der Waals surface area contributed by atoms with Crippen LogP contribution in [-0.4, -0.2) is 87.6 Å². The van der Waals surface area contributed by atoms with Gasteiger partial charge in [0.25, 0.3) is 0 Å². The van der Waals surface area contributed by atoms with Crippen LogP contribution in [0.5, 0.6) is 0 Å². The van der Waals surface area contributed by atoms with Gasteiger partial charge in [-0.25, -0.2) is 9.83 Å². The van der Waals surface area contributed by atoms with Crippen LogP contribution in [0.15, 0.2) is 95.0 Å². The monoisotopic (exact) mass is 643 g/mol. The average molecular weight is 644 g/mol. The van der Waals surface area contributed by atoms with Crippen molar-refractivity contribution in [2.45, 2.75) is 18.5 Å². The first-order chi connectivity index (χ1) is 23.5. The zero-order chi connectivity index (χ0) is 32.7. The summed E-state index contributed by atoms with van der Waals surface area (Å²) in [5.41, 5.74) is 4.88. The molecule has 0 radical (unpaired) electrons. The van der Waals surface area contributed by atoms with Gasteiger partial charge in [0, 0.05) is 62.1 Å². The number of benzene rings is 3. The van der Waals surface area contributed by atoms with E-state index >= 15 is 0 Å². The number of para-hydroxylation sites is 2. The molecule has 5 aromatic rings. The topological polar surface area (TPSA) is 133 Å². The molecular weight excluding hydrogens is 606 g/mol. The minimum atomic E-state index is -1.46. The molecule has 1 unspecified atom stereocenters. The number of anilines is 2. The van der Waals surface area contributed by atoms with Gasteiger partial charge in [0.05, 0.1) is 27.1 Å². The van der Waals surface area contributed by atoms with Crippen LogP contribution in [0.3, 0.4) is 0 Å². The number of rotatable bonds is 11. The molecular formula is C36H37N9O3. The molecule has 0 bridgehead atoms. The Kier molecular flexibility index (Phi) is 7.83. The maximum atomic E-state index is 13.5. The lowest BCUT2D eigenvalue weighted by molar-refractivity contribution is -0.550. The number of fused-ring (bicyclic) bond motifs is 4. The Morgan fingerprint density at radius 2 is 1.69 bits per heavy atom. The first-order valence-electron chi connectivity index (χ1n) is 16.6. The van der Waals surface area contributed by atoms with Crippen molar-refractivity contribution in [3.63, 3.8) is 0 Å². The van der Waals surface area contributed by atoms with Crippen molar-refractivity contribution in [2.24, 2.45) is 0 Å². The number of aromatic nitrogens is 3. The van der Waals surface area contributed by atoms with Crippen LogP contribution in [0.2, 0.25) is 0 Å². The molecule has 3 aromatic carbocycles. The van der Waals surface area contributed by atoms with Crippen molar-refractivity contribution >= 4 is 44.8 Å². The van der Waals surface area contributed by atoms with Crippen molar-refractivity contribution in [3.8, 4) is 0 Å². The highest BCUT2D eigenvalue weighted by molar-refractivity contribution is 6.06. The fourth-order valence-corrected chi connectivity index (χ4v) is 7.27. The number of nitrogens with one attached hydrogen (secondary N) is 3. The molecule has 0 saturated carbocycles. The van der Waals surface area contributed by atoms with Gasteiger partial charge < -0.3 is 20.4 Å². The zero-order valence-electron chi connectivity index (χ0n) is 26.6. The molecule has 1 saturated heterocycles. The third-order valence-electron chi connectivity index (χ3n) is 9.81. The summed E-state index contributed by atoms with van der Waals surface area (Å²) < 4.78 is 1.77. The molecule has 4 heterocycles. The summed E-state index contributed by atoms with van der Waals surface area (Å²) in [6, 6.07) is 19.2. The first kappa shape index (κ1) is 30.2. The van der Waals surface area contributed by atoms with Crippen LogP contribution >= 0.6 is 0 Å². The third-order valence-corrected chi connectivity index (χ3v) is 9.81. The highest BCUT2D eigenvalue weighted by Gasteiger charge is 2.47. The Hall–Kier alpha value is -5.17. The van der Waals surface area contributed by atoms with Gasteiger partial charge in [0.1, 0.15) is 11.0 Å². The van der Waals surface area contributed by atoms with E-state index in [1.807, 2.05) is 72.8 Å². The van der Waals surface area contributed by atoms with Crippen molar-refractivity contribution in [1.29, 1.82) is 0 Å². The lowest BCUT2D eigenvalue weighted by atomic mass is 9.87. The standard InChI is InChI=1S/C36H37N9O3/c46-35-26-9-2-4-12-32(26)44-34-31(40-41-44)14-13-30(33(34)35)37-16-6-18-42-20-22-43(23-21-42)19-7-17-38-36(45(47)48)15-5-11-29-27(36)24-25-8-1-3-10-28(25)39-29/h1-5,8-15,24,37-39H,6-7,16-23H2. The van der Waals surface area contributed by atoms with Crippen LogP contribution in [0.25, 0.3) is 33.4 Å². The van der Waals surface area contributed by atoms with Crippen LogP contribution < -0.4 is 21.4 Å². The number of nitrogens with zero attached hydrogens (tertiary/aromatic N) is 6. The Bertz CT molecular complexity index is 2170. The van der Waals surface area contributed by atoms with Gasteiger partial charge in [0.2, 0.25) is 0 Å². The third kappa shape index (κ3) is 5.27. The van der Waals surface area contributed by atoms with Crippen molar-refractivity contribution in [3.05, 3.63) is 116 Å². The first-order valence-corrected chi connectivity index (χ1v) is 16.6. The summed E-state index contributed by atoms with van der Waals surface area (Å²) in [7, 11) is 0. The summed E-state index contributed by atoms with van der Waals surface area (Å²) in [5.74, 6) is 0. The van der Waals surface area contributed by atoms with Crippen LogP contribution in [0.1, 0.15) is 18.4 Å². The summed E-state index contributed by atoms with van der Waals surface area (Å²) in [4.78, 5) is 30.6. The minimum absolute atomic E-state index is 0.000905. The number of hydrogen-bond donors (Lipinski definition) is 3. The second kappa shape index (κ2) is 12.5. The van der Waals surface area contributed by atoms with E-state index < -0.39 is 5.66 Å². The number of nitro groups is 1. The fourth-order valence-electron chi connectivity index (χ4n) is 7.27. The molecule has 0 spiro atoms. The van der Waals surface area contributed by atoms with E-state index in [4.69, 9.17) is 0 Å². The summed E-state index contributed by atoms with van der Waals surface area (Å²) in [5, 5.41) is 32.5. The molecule has 8 rings (SSSR count). The lowest BCUT2D eigenvalue weighted by Crippen LogP contribution is -2.54. The minimum Gasteiger partial charge on any atom is -0.384 e. The van der Waals surface area contributed by atoms with Crippen LogP contribution in [0, 0.1) is 10.1 Å². The smallest absolute Gasteiger partial charge is 0.322 e. The second-order valence-electron chi connectivity index (χ2n) is 12.7. The molecule has 1 aliphatic carbocycles. The molecule has 1 fully saturated rings. The Balaban J connectivity index is 0.815. The number of piperazine rings is 1. The number of pyridine rings is 1. The average Bonchev–Trinajstić information content (AvgIpc) is 3.55. The molecule has 2 aromatic heterocycles. The Morgan fingerprint density at radius 1 is 0.938 bits per heavy atom. The van der Waals surface area contributed by atoms with Gasteiger partial charge in [-0.1, -0.05) is 41.6 Å². The molecule has 0 amide bonds. The lowest BCUT2D eigenvalue weighted by Gasteiger charge is -2.35. The van der Waals surface area contributed by atoms with E-state index in [0.717, 1.165) is 92.3 Å². The van der Waals surface area contributed by atoms with Crippen LogP contribution in [-0.2, 0) is 0 Å². The van der Waals surface area contributed by atoms with Crippen LogP contribution in [0.4, 0.5) is 11.4 Å². The van der Waals surface area contributed by atoms with E-state index in [2.05, 4.69) is 36.1 Å². The normalized spacial score (nSPS) is 19.6. The molecule has 2 aliphatic heterocycles. The SMILES string of the molecule is O=c1c2ccccc2n2nnc3ccc(NCCCN4CCN(CCCNC5([N+](=O)[O-])C=CC=C6Nc7ccccc7C=C65)CC4)c1c32. The number of allylic oxidation sites excluding steroid dienone is 2. The van der Waals surface area contributed by atoms with Gasteiger partial charge in [-0.05, 0) is 74.0 Å². The van der Waals surface area contributed by atoms with Crippen molar-refractivity contribution < 1.29 is 4.92 Å². The van der Waals surface area contributed by atoms with Gasteiger partial charge in [0.15, 0.2) is 5.43 Å². The van der Waals surface area contributed by atoms with Gasteiger partial charge in [-0.3, -0.25) is 14.9 Å². The predicted octanol–water partition coefficient (Wildman–Crippen LogP) is 4.17. The summed E-state index contributed by atoms with van der Waals surface area (Å²) in [6.45, 7) is 7.05. The fraction of sp³-hybridized carbons (Fsp3) is 0.306. The van der Waals surface area contributed by atoms with Gasteiger partial charge in [-0.15, -0.1) is 5.10 Å². The Labute approximate surface area is 276 Å². The molecule has 48 heavy (non-hydrogen) atoms. The Morgan fingerprint density at radius 3 is 2.50 bits per heavy atom. The largest absolute Gasteiger partial charge is 0.384 e. The molecule has 1 atom stereocenters. The zero-order valence-corrected chi connectivity index (χ0v) is 26.6. The highest BCUT2D eigenvalue weighted by atomic mass is 16.6. The van der Waals surface area contributed by atoms with E-state index in [0.29, 0.717) is 28.4 Å². The number of hydrogen-bond acceptors (Lipinski definition) is 10. The summed E-state index contributed by atoms with van der Waals surface area (Å²) in [6.07, 6.45) is 9.00. The molecule has 12 heteroatoms. The highest BCUT2D eigenvalue weighted by Crippen LogP contribution is 2.38. The van der Waals surface area contributed by atoms with E-state index in [9.17, 15) is 14.9 Å². The van der Waals surface area contributed by atoms with E-state index in [1.165, 1.54) is 0 Å². The van der Waals surface area contributed by atoms with Crippen molar-refractivity contribution in [1.82, 2.24) is 29.9 Å². The molecule has 244 valence electrons. The maximum Gasteiger partial charge on any atom is 0.322 e. The van der Waals surface area contributed by atoms with Gasteiger partial charge >= 0.3 is 5.66 Å². The van der Waals surface area contributed by atoms with Gasteiger partial charge in [-0.2, -0.15) is 0 Å². The van der Waals surface area contributed by atoms with E-state index in [1.54, 1.807) is 16.7 Å². The molecule has 3 aliphatic rings. The molecule has 12 nitrogen and oxygen atoms in total. The molecule has 3 N–H and O–H groups in total. The van der Waals surface area contributed by atoms with Crippen molar-refractivity contribution in [2.75, 3.05) is 63.0 Å². The predicted molar refractivity (Wildman–Crippen MR) is 189 cm³/mol. The second-order valence-corrected chi connectivity index (χ2v) is 12.7. The summed E-state index contributed by atoms with van der Waals surface area (Å²) >= 11 is 0.